The minimum absolute atomic E-state index is 0.173. The van der Waals surface area contributed by atoms with Gasteiger partial charge in [0, 0.05) is 55.9 Å². The predicted molar refractivity (Wildman–Crippen MR) is 152 cm³/mol. The van der Waals surface area contributed by atoms with Crippen LogP contribution < -0.4 is 15.4 Å². The first-order valence-corrected chi connectivity index (χ1v) is 13.5. The lowest BCUT2D eigenvalue weighted by Crippen LogP contribution is -2.46. The Morgan fingerprint density at radius 1 is 1.23 bits per heavy atom. The summed E-state index contributed by atoms with van der Waals surface area (Å²) in [5.74, 6) is 0.680. The molecule has 5 heterocycles. The number of aromatic nitrogens is 5. The number of carbonyl (C=O) groups excluding carboxylic acids is 1. The van der Waals surface area contributed by atoms with Crippen molar-refractivity contribution in [2.24, 2.45) is 7.05 Å². The number of hydrogen-bond acceptors (Lipinski definition) is 8. The number of fused-ring (bicyclic) bond motifs is 1. The molecular formula is C28H34FN9O2. The van der Waals surface area contributed by atoms with Crippen LogP contribution in [0.4, 0.5) is 21.7 Å². The van der Waals surface area contributed by atoms with Crippen LogP contribution in [-0.4, -0.2) is 92.5 Å². The maximum absolute atomic E-state index is 14.5. The standard InChI is InChI=1S/C28H34FN9O2/c1-16-11-31-28(33-22-15-37(3)35-27(22)40-4)34-24(16)20-12-30-25-19(20)6-5-7-21(25)32-26(39)23-10-17(29)13-38(23)18-8-9-36(2)14-18/h5-7,11-12,15,17-18,23,30H,8-10,13-14H2,1-4H3,(H,32,39)(H,31,33,34)/t17-,18?,23?/m0/s1. The molecule has 3 atom stereocenters. The van der Waals surface area contributed by atoms with Crippen LogP contribution >= 0.6 is 0 Å². The monoisotopic (exact) mass is 547 g/mol. The molecule has 1 amide bonds. The van der Waals surface area contributed by atoms with Crippen molar-refractivity contribution in [1.29, 1.82) is 0 Å². The van der Waals surface area contributed by atoms with E-state index >= 15 is 0 Å². The predicted octanol–water partition coefficient (Wildman–Crippen LogP) is 3.47. The zero-order valence-corrected chi connectivity index (χ0v) is 23.1. The van der Waals surface area contributed by atoms with E-state index in [4.69, 9.17) is 9.72 Å². The first-order chi connectivity index (χ1) is 19.3. The molecule has 3 N–H and O–H groups in total. The van der Waals surface area contributed by atoms with Gasteiger partial charge in [-0.25, -0.2) is 14.4 Å². The minimum atomic E-state index is -0.996. The number of aryl methyl sites for hydroxylation is 2. The van der Waals surface area contributed by atoms with Crippen molar-refractivity contribution in [1.82, 2.24) is 34.5 Å². The number of methoxy groups -OCH3 is 1. The van der Waals surface area contributed by atoms with Gasteiger partial charge in [-0.2, -0.15) is 0 Å². The third-order valence-corrected chi connectivity index (χ3v) is 7.86. The summed E-state index contributed by atoms with van der Waals surface area (Å²) in [4.78, 5) is 30.3. The lowest BCUT2D eigenvalue weighted by molar-refractivity contribution is -0.121. The molecule has 2 aliphatic rings. The van der Waals surface area contributed by atoms with Crippen LogP contribution in [0, 0.1) is 6.92 Å². The molecule has 0 saturated carbocycles. The topological polar surface area (TPSA) is 116 Å². The molecule has 210 valence electrons. The number of carbonyl (C=O) groups is 1. The van der Waals surface area contributed by atoms with Crippen LogP contribution in [0.3, 0.4) is 0 Å². The molecule has 2 aliphatic heterocycles. The third kappa shape index (κ3) is 4.88. The molecule has 0 aliphatic carbocycles. The second kappa shape index (κ2) is 10.5. The van der Waals surface area contributed by atoms with E-state index in [-0.39, 0.29) is 18.4 Å². The molecule has 6 rings (SSSR count). The van der Waals surface area contributed by atoms with Crippen molar-refractivity contribution < 1.29 is 13.9 Å². The van der Waals surface area contributed by atoms with E-state index in [0.29, 0.717) is 29.7 Å². The minimum Gasteiger partial charge on any atom is -0.478 e. The fraction of sp³-hybridized carbons (Fsp3) is 0.429. The number of H-pyrrole nitrogens is 1. The Morgan fingerprint density at radius 2 is 2.08 bits per heavy atom. The van der Waals surface area contributed by atoms with E-state index < -0.39 is 12.2 Å². The maximum Gasteiger partial charge on any atom is 0.256 e. The molecule has 40 heavy (non-hydrogen) atoms. The number of amides is 1. The van der Waals surface area contributed by atoms with Crippen molar-refractivity contribution >= 4 is 34.1 Å². The molecule has 2 fully saturated rings. The van der Waals surface area contributed by atoms with Crippen molar-refractivity contribution in [3.63, 3.8) is 0 Å². The number of rotatable bonds is 7. The number of hydrogen-bond donors (Lipinski definition) is 3. The molecular weight excluding hydrogens is 513 g/mol. The zero-order valence-electron chi connectivity index (χ0n) is 23.1. The number of aromatic amines is 1. The van der Waals surface area contributed by atoms with Gasteiger partial charge in [0.1, 0.15) is 11.9 Å². The second-order valence-corrected chi connectivity index (χ2v) is 10.7. The largest absolute Gasteiger partial charge is 0.478 e. The lowest BCUT2D eigenvalue weighted by Gasteiger charge is -2.29. The number of likely N-dealkylation sites (tertiary alicyclic amines) is 2. The van der Waals surface area contributed by atoms with Crippen LogP contribution in [0.2, 0.25) is 0 Å². The number of para-hydroxylation sites is 1. The van der Waals surface area contributed by atoms with E-state index in [1.54, 1.807) is 24.2 Å². The van der Waals surface area contributed by atoms with Gasteiger partial charge >= 0.3 is 0 Å². The summed E-state index contributed by atoms with van der Waals surface area (Å²) in [5, 5.41) is 11.5. The molecule has 12 heteroatoms. The summed E-state index contributed by atoms with van der Waals surface area (Å²) in [5.41, 5.74) is 4.63. The third-order valence-electron chi connectivity index (χ3n) is 7.86. The SMILES string of the molecule is COc1nn(C)cc1Nc1ncc(C)c(-c2c[nH]c3c(NC(=O)C4C[C@H](F)CN4C4CCN(C)C4)cccc23)n1. The van der Waals surface area contributed by atoms with Crippen molar-refractivity contribution in [2.75, 3.05) is 44.4 Å². The normalized spacial score (nSPS) is 21.8. The Bertz CT molecular complexity index is 1550. The van der Waals surface area contributed by atoms with Crippen LogP contribution in [0.15, 0.2) is 36.8 Å². The summed E-state index contributed by atoms with van der Waals surface area (Å²) in [6, 6.07) is 5.47. The highest BCUT2D eigenvalue weighted by Crippen LogP contribution is 2.35. The fourth-order valence-electron chi connectivity index (χ4n) is 5.92. The first kappa shape index (κ1) is 26.2. The summed E-state index contributed by atoms with van der Waals surface area (Å²) < 4.78 is 21.5. The van der Waals surface area contributed by atoms with E-state index in [9.17, 15) is 9.18 Å². The van der Waals surface area contributed by atoms with Crippen LogP contribution in [-0.2, 0) is 11.8 Å². The highest BCUT2D eigenvalue weighted by molar-refractivity contribution is 6.06. The van der Waals surface area contributed by atoms with Gasteiger partial charge in [0.05, 0.1) is 36.2 Å². The Labute approximate surface area is 231 Å². The summed E-state index contributed by atoms with van der Waals surface area (Å²) in [6.45, 7) is 4.08. The number of ether oxygens (including phenoxy) is 1. The number of anilines is 3. The van der Waals surface area contributed by atoms with Crippen molar-refractivity contribution in [2.45, 2.75) is 38.0 Å². The van der Waals surface area contributed by atoms with E-state index in [1.165, 1.54) is 0 Å². The molecule has 0 bridgehead atoms. The number of likely N-dealkylation sites (N-methyl/N-ethyl adjacent to an activating group) is 1. The molecule has 1 aromatic carbocycles. The number of nitrogens with one attached hydrogen (secondary N) is 3. The Morgan fingerprint density at radius 3 is 2.85 bits per heavy atom. The van der Waals surface area contributed by atoms with E-state index in [1.807, 2.05) is 38.4 Å². The van der Waals surface area contributed by atoms with Gasteiger partial charge in [0.15, 0.2) is 0 Å². The van der Waals surface area contributed by atoms with Gasteiger partial charge in [-0.1, -0.05) is 12.1 Å². The zero-order chi connectivity index (χ0) is 28.0. The lowest BCUT2D eigenvalue weighted by atomic mass is 10.1. The van der Waals surface area contributed by atoms with Crippen LogP contribution in [0.1, 0.15) is 18.4 Å². The maximum atomic E-state index is 14.5. The quantitative estimate of drug-likeness (QED) is 0.322. The number of benzene rings is 1. The van der Waals surface area contributed by atoms with Gasteiger partial charge in [-0.05, 0) is 38.6 Å². The van der Waals surface area contributed by atoms with Gasteiger partial charge in [0.2, 0.25) is 11.9 Å². The summed E-state index contributed by atoms with van der Waals surface area (Å²) in [7, 11) is 5.44. The van der Waals surface area contributed by atoms with Gasteiger partial charge in [-0.3, -0.25) is 14.4 Å². The van der Waals surface area contributed by atoms with E-state index in [0.717, 1.165) is 47.2 Å². The Hall–Kier alpha value is -4.03. The van der Waals surface area contributed by atoms with Gasteiger partial charge < -0.3 is 25.3 Å². The van der Waals surface area contributed by atoms with Crippen molar-refractivity contribution in [3.05, 3.63) is 42.4 Å². The second-order valence-electron chi connectivity index (χ2n) is 10.7. The smallest absolute Gasteiger partial charge is 0.256 e. The molecule has 4 aromatic rings. The van der Waals surface area contributed by atoms with Gasteiger partial charge in [0.25, 0.3) is 5.88 Å². The van der Waals surface area contributed by atoms with Crippen LogP contribution in [0.5, 0.6) is 5.88 Å². The summed E-state index contributed by atoms with van der Waals surface area (Å²) in [6.07, 6.45) is 5.62. The molecule has 2 saturated heterocycles. The Kier molecular flexibility index (Phi) is 6.88. The highest BCUT2D eigenvalue weighted by Gasteiger charge is 2.42. The summed E-state index contributed by atoms with van der Waals surface area (Å²) >= 11 is 0. The highest BCUT2D eigenvalue weighted by atomic mass is 19.1. The molecule has 3 aromatic heterocycles. The fourth-order valence-corrected chi connectivity index (χ4v) is 5.92. The average Bonchev–Trinajstić information content (AvgIpc) is 3.71. The first-order valence-electron chi connectivity index (χ1n) is 13.5. The number of nitrogens with zero attached hydrogens (tertiary/aromatic N) is 6. The van der Waals surface area contributed by atoms with E-state index in [2.05, 4.69) is 42.5 Å². The number of alkyl halides is 1. The average molecular weight is 548 g/mol. The number of halogens is 1. The Balaban J connectivity index is 1.26. The molecule has 2 unspecified atom stereocenters. The van der Waals surface area contributed by atoms with Gasteiger partial charge in [-0.15, -0.1) is 5.10 Å². The molecule has 0 spiro atoms. The molecule has 11 nitrogen and oxygen atoms in total. The van der Waals surface area contributed by atoms with Crippen LogP contribution in [0.25, 0.3) is 22.2 Å². The van der Waals surface area contributed by atoms with Crippen molar-refractivity contribution in [3.8, 4) is 17.1 Å². The molecule has 0 radical (unpaired) electrons.